The Morgan fingerprint density at radius 3 is 1.58 bits per heavy atom. The average molecular weight is 597 g/mol. The van der Waals surface area contributed by atoms with Crippen LogP contribution in [0.4, 0.5) is 11.6 Å². The minimum Gasteiger partial charge on any atom is -0.273 e. The number of pyridine rings is 2. The SMILES string of the molecule is CC(C)C1CC(=O)N(c2ccc(C#Cc3ccccc3)cn2)N1.CC1(C)CC(=O)N(c2ccc(C#Cc3ccccc3)cn2)N1. The van der Waals surface area contributed by atoms with Gasteiger partial charge in [0, 0.05) is 59.1 Å². The molecule has 8 nitrogen and oxygen atoms in total. The molecule has 2 aromatic carbocycles. The van der Waals surface area contributed by atoms with E-state index >= 15 is 0 Å². The lowest BCUT2D eigenvalue weighted by Crippen LogP contribution is -2.42. The van der Waals surface area contributed by atoms with Gasteiger partial charge in [-0.15, -0.1) is 0 Å². The zero-order valence-corrected chi connectivity index (χ0v) is 25.9. The summed E-state index contributed by atoms with van der Waals surface area (Å²) >= 11 is 0. The molecule has 2 fully saturated rings. The molecular weight excluding hydrogens is 560 g/mol. The van der Waals surface area contributed by atoms with Gasteiger partial charge in [-0.05, 0) is 68.3 Å². The monoisotopic (exact) mass is 596 g/mol. The normalized spacial score (nSPS) is 16.8. The standard InChI is InChI=1S/C19H19N3O.C18H17N3O/c1-14(2)17-12-19(23)22(21-17)18-11-10-16(13-20-18)9-8-15-6-4-3-5-7-15;1-18(2)12-17(22)21(20-18)16-11-10-15(13-19-16)9-8-14-6-4-3-5-7-14/h3-7,10-11,13-14,17,21H,12H2,1-2H3;3-7,10-11,13,20H,12H2,1-2H3. The van der Waals surface area contributed by atoms with Gasteiger partial charge in [0.05, 0.1) is 0 Å². The number of hydrogen-bond donors (Lipinski definition) is 2. The van der Waals surface area contributed by atoms with Crippen molar-refractivity contribution in [1.82, 2.24) is 20.8 Å². The smallest absolute Gasteiger partial charge is 0.244 e. The van der Waals surface area contributed by atoms with Crippen LogP contribution in [0.5, 0.6) is 0 Å². The minimum atomic E-state index is -0.232. The molecule has 0 radical (unpaired) electrons. The first-order chi connectivity index (χ1) is 21.7. The third-order valence-electron chi connectivity index (χ3n) is 7.20. The fraction of sp³-hybridized carbons (Fsp3) is 0.243. The van der Waals surface area contributed by atoms with Crippen molar-refractivity contribution in [3.63, 3.8) is 0 Å². The number of hydrazine groups is 2. The van der Waals surface area contributed by atoms with Gasteiger partial charge in [-0.1, -0.05) is 73.9 Å². The number of carbonyl (C=O) groups excluding carboxylic acids is 2. The first kappa shape index (κ1) is 31.2. The van der Waals surface area contributed by atoms with Crippen LogP contribution < -0.4 is 20.9 Å². The van der Waals surface area contributed by atoms with Gasteiger partial charge >= 0.3 is 0 Å². The summed E-state index contributed by atoms with van der Waals surface area (Å²) in [4.78, 5) is 32.7. The van der Waals surface area contributed by atoms with Crippen molar-refractivity contribution >= 4 is 23.5 Å². The van der Waals surface area contributed by atoms with Crippen molar-refractivity contribution in [2.45, 2.75) is 52.1 Å². The Labute approximate surface area is 264 Å². The Kier molecular flexibility index (Phi) is 9.70. The first-order valence-electron chi connectivity index (χ1n) is 14.9. The van der Waals surface area contributed by atoms with Gasteiger partial charge in [0.2, 0.25) is 11.8 Å². The second-order valence-electron chi connectivity index (χ2n) is 11.9. The van der Waals surface area contributed by atoms with Crippen LogP contribution >= 0.6 is 0 Å². The summed E-state index contributed by atoms with van der Waals surface area (Å²) in [6, 6.07) is 27.2. The highest BCUT2D eigenvalue weighted by molar-refractivity contribution is 5.95. The largest absolute Gasteiger partial charge is 0.273 e. The van der Waals surface area contributed by atoms with Gasteiger partial charge in [-0.25, -0.2) is 30.8 Å². The van der Waals surface area contributed by atoms with Crippen molar-refractivity contribution < 1.29 is 9.59 Å². The van der Waals surface area contributed by atoms with Gasteiger partial charge in [0.25, 0.3) is 0 Å². The van der Waals surface area contributed by atoms with E-state index in [1.54, 1.807) is 23.5 Å². The van der Waals surface area contributed by atoms with Crippen LogP contribution in [0, 0.1) is 29.6 Å². The number of carbonyl (C=O) groups is 2. The van der Waals surface area contributed by atoms with Crippen molar-refractivity contribution in [2.75, 3.05) is 10.0 Å². The Hall–Kier alpha value is -5.28. The second kappa shape index (κ2) is 14.0. The van der Waals surface area contributed by atoms with E-state index < -0.39 is 0 Å². The van der Waals surface area contributed by atoms with Crippen LogP contribution in [0.2, 0.25) is 0 Å². The van der Waals surface area contributed by atoms with Crippen LogP contribution in [0.15, 0.2) is 97.3 Å². The van der Waals surface area contributed by atoms with E-state index in [0.29, 0.717) is 30.4 Å². The van der Waals surface area contributed by atoms with E-state index in [-0.39, 0.29) is 23.4 Å². The van der Waals surface area contributed by atoms with Gasteiger partial charge in [0.1, 0.15) is 11.6 Å². The summed E-state index contributed by atoms with van der Waals surface area (Å²) in [5, 5.41) is 3.05. The van der Waals surface area contributed by atoms with E-state index in [2.05, 4.69) is 58.3 Å². The summed E-state index contributed by atoms with van der Waals surface area (Å²) in [7, 11) is 0. The summed E-state index contributed by atoms with van der Waals surface area (Å²) in [6.45, 7) is 8.18. The summed E-state index contributed by atoms with van der Waals surface area (Å²) < 4.78 is 0. The maximum Gasteiger partial charge on any atom is 0.244 e. The second-order valence-corrected chi connectivity index (χ2v) is 11.9. The quantitative estimate of drug-likeness (QED) is 0.314. The Morgan fingerprint density at radius 1 is 0.689 bits per heavy atom. The highest BCUT2D eigenvalue weighted by Gasteiger charge is 2.36. The summed E-state index contributed by atoms with van der Waals surface area (Å²) in [6.07, 6.45) is 4.35. The summed E-state index contributed by atoms with van der Waals surface area (Å²) in [5.41, 5.74) is 9.72. The predicted molar refractivity (Wildman–Crippen MR) is 177 cm³/mol. The molecule has 2 aliphatic heterocycles. The highest BCUT2D eigenvalue weighted by Crippen LogP contribution is 2.23. The van der Waals surface area contributed by atoms with E-state index in [4.69, 9.17) is 0 Å². The van der Waals surface area contributed by atoms with Crippen molar-refractivity contribution in [2.24, 2.45) is 5.92 Å². The highest BCUT2D eigenvalue weighted by atomic mass is 16.2. The average Bonchev–Trinajstić information content (AvgIpc) is 3.58. The molecule has 4 heterocycles. The summed E-state index contributed by atoms with van der Waals surface area (Å²) in [5.74, 6) is 14.0. The third-order valence-corrected chi connectivity index (χ3v) is 7.20. The molecule has 6 rings (SSSR count). The number of aromatic nitrogens is 2. The van der Waals surface area contributed by atoms with Crippen LogP contribution in [0.1, 0.15) is 62.8 Å². The Bertz CT molecular complexity index is 1750. The Balaban J connectivity index is 0.000000178. The predicted octanol–water partition coefficient (Wildman–Crippen LogP) is 5.25. The molecule has 0 saturated carbocycles. The zero-order valence-electron chi connectivity index (χ0n) is 25.9. The molecule has 4 aromatic rings. The van der Waals surface area contributed by atoms with Gasteiger partial charge < -0.3 is 0 Å². The van der Waals surface area contributed by atoms with Crippen LogP contribution in [-0.4, -0.2) is 33.4 Å². The number of nitrogens with one attached hydrogen (secondary N) is 2. The number of anilines is 2. The molecule has 2 aliphatic rings. The lowest BCUT2D eigenvalue weighted by molar-refractivity contribution is -0.118. The lowest BCUT2D eigenvalue weighted by atomic mass is 10.0. The molecule has 2 N–H and O–H groups in total. The number of nitrogens with zero attached hydrogens (tertiary/aromatic N) is 4. The maximum absolute atomic E-state index is 12.1. The molecule has 0 bridgehead atoms. The van der Waals surface area contributed by atoms with E-state index in [1.165, 1.54) is 5.01 Å². The molecule has 0 aliphatic carbocycles. The molecule has 2 aromatic heterocycles. The zero-order chi connectivity index (χ0) is 31.8. The fourth-order valence-electron chi connectivity index (χ4n) is 4.70. The van der Waals surface area contributed by atoms with Crippen LogP contribution in [0.25, 0.3) is 0 Å². The van der Waals surface area contributed by atoms with Crippen molar-refractivity contribution in [1.29, 1.82) is 0 Å². The van der Waals surface area contributed by atoms with Crippen molar-refractivity contribution in [3.05, 3.63) is 120 Å². The molecule has 1 unspecified atom stereocenters. The number of hydrogen-bond acceptors (Lipinski definition) is 6. The van der Waals surface area contributed by atoms with Crippen LogP contribution in [0.3, 0.4) is 0 Å². The molecule has 2 saturated heterocycles. The van der Waals surface area contributed by atoms with Crippen LogP contribution in [-0.2, 0) is 9.59 Å². The first-order valence-corrected chi connectivity index (χ1v) is 14.9. The molecule has 0 spiro atoms. The Morgan fingerprint density at radius 2 is 1.18 bits per heavy atom. The van der Waals surface area contributed by atoms with E-state index in [0.717, 1.165) is 22.3 Å². The maximum atomic E-state index is 12.1. The van der Waals surface area contributed by atoms with Gasteiger partial charge in [-0.2, -0.15) is 0 Å². The number of benzene rings is 2. The third kappa shape index (κ3) is 8.43. The van der Waals surface area contributed by atoms with Gasteiger partial charge in [-0.3, -0.25) is 9.59 Å². The van der Waals surface area contributed by atoms with E-state index in [9.17, 15) is 9.59 Å². The molecule has 45 heavy (non-hydrogen) atoms. The molecule has 226 valence electrons. The fourth-order valence-corrected chi connectivity index (χ4v) is 4.70. The van der Waals surface area contributed by atoms with E-state index in [1.807, 2.05) is 92.7 Å². The van der Waals surface area contributed by atoms with Gasteiger partial charge in [0.15, 0.2) is 0 Å². The molecule has 8 heteroatoms. The molecule has 2 amide bonds. The topological polar surface area (TPSA) is 90.5 Å². The lowest BCUT2D eigenvalue weighted by Gasteiger charge is -2.20. The molecule has 1 atom stereocenters. The minimum absolute atomic E-state index is 0.0284. The molecular formula is C37H36N6O2. The number of rotatable bonds is 3. The van der Waals surface area contributed by atoms with Crippen molar-refractivity contribution in [3.8, 4) is 23.7 Å². The number of amides is 2.